The van der Waals surface area contributed by atoms with Gasteiger partial charge >= 0.3 is 0 Å². The molecule has 6 aromatic rings. The van der Waals surface area contributed by atoms with E-state index in [2.05, 4.69) is 117 Å². The molecule has 0 aromatic heterocycles. The fourth-order valence-corrected chi connectivity index (χ4v) is 11.1. The third-order valence-corrected chi connectivity index (χ3v) is 15.7. The van der Waals surface area contributed by atoms with Gasteiger partial charge in [0.1, 0.15) is 76.7 Å². The van der Waals surface area contributed by atoms with Crippen LogP contribution in [0.5, 0.6) is 34.5 Å². The fraction of sp³-hybridized carbons (Fsp3) is 0.319. The minimum atomic E-state index is -1.11. The Balaban J connectivity index is 0.000000147. The normalized spacial score (nSPS) is 18.7. The smallest absolute Gasteiger partial charge is 0.283 e. The van der Waals surface area contributed by atoms with Crippen LogP contribution in [0.3, 0.4) is 0 Å². The maximum absolute atomic E-state index is 9.94. The summed E-state index contributed by atoms with van der Waals surface area (Å²) in [5.41, 5.74) is 18.5. The van der Waals surface area contributed by atoms with E-state index in [1.54, 1.807) is 55.4 Å². The van der Waals surface area contributed by atoms with E-state index >= 15 is 0 Å². The van der Waals surface area contributed by atoms with Gasteiger partial charge in [-0.3, -0.25) is 0 Å². The average molecular weight is 1440 g/mol. The molecule has 17 nitrogen and oxygen atoms in total. The second-order valence-corrected chi connectivity index (χ2v) is 26.7. The van der Waals surface area contributed by atoms with Crippen LogP contribution >= 0.6 is 54.5 Å². The van der Waals surface area contributed by atoms with Gasteiger partial charge in [-0.25, -0.2) is 15.0 Å². The largest absolute Gasteiger partial charge is 0.462 e. The van der Waals surface area contributed by atoms with Crippen molar-refractivity contribution < 1.29 is 53.6 Å². The van der Waals surface area contributed by atoms with Crippen LogP contribution in [0.2, 0.25) is 0 Å². The summed E-state index contributed by atoms with van der Waals surface area (Å²) in [6, 6.07) is 35.0. The van der Waals surface area contributed by atoms with Crippen molar-refractivity contribution in [3.05, 3.63) is 172 Å². The van der Waals surface area contributed by atoms with Crippen molar-refractivity contribution >= 4 is 72.5 Å². The number of aliphatic imine (C=N–C) groups is 3. The number of nitrogens with two attached hydrogens (primary N) is 3. The van der Waals surface area contributed by atoms with Gasteiger partial charge in [0.05, 0.1) is 0 Å². The van der Waals surface area contributed by atoms with Crippen molar-refractivity contribution in [2.45, 2.75) is 107 Å². The summed E-state index contributed by atoms with van der Waals surface area (Å²) in [4.78, 5) is 13.9. The molecule has 13 rings (SSSR count). The van der Waals surface area contributed by atoms with E-state index in [-0.39, 0.29) is 24.7 Å². The van der Waals surface area contributed by atoms with Gasteiger partial charge in [-0.1, -0.05) is 73.3 Å². The molecule has 2 unspecified atom stereocenters. The highest BCUT2D eigenvalue weighted by atomic mass is 127. The fourth-order valence-electron chi connectivity index (χ4n) is 9.90. The van der Waals surface area contributed by atoms with Crippen molar-refractivity contribution in [2.75, 3.05) is 33.0 Å². The van der Waals surface area contributed by atoms with Crippen molar-refractivity contribution in [3.63, 3.8) is 0 Å². The number of amidine groups is 3. The number of hydrogen-bond donors (Lipinski definition) is 7. The Bertz CT molecular complexity index is 3940. The van der Waals surface area contributed by atoms with Crippen LogP contribution in [0.25, 0.3) is 0 Å². The van der Waals surface area contributed by atoms with E-state index in [1.807, 2.05) is 103 Å². The predicted molar refractivity (Wildman–Crippen MR) is 357 cm³/mol. The molecule has 6 aromatic carbocycles. The average Bonchev–Trinajstić information content (AvgIpc) is 1.75. The maximum atomic E-state index is 9.94. The summed E-state index contributed by atoms with van der Waals surface area (Å²) in [5.74, 6) is 23.9. The SMILES string of the molecule is C#CC(C)(C)O.C1CCOC1.CC(C)(O)C#Cc1ccc2c(c1)C1(COC(N)=N1)c1cc(Br)ccc1O2.CC(C)(O)C#Cc1ccc2c(c1)C1(COC(N)=N1)c1cc(C#CC(C)(C)O)ccc1O2.NC1=NC2(CO1)c1cc(Br)ccc1Oc1ccc(I)cc12. The molecule has 0 aliphatic carbocycles. The lowest BCUT2D eigenvalue weighted by Gasteiger charge is -2.33. The van der Waals surface area contributed by atoms with Crippen LogP contribution in [0.4, 0.5) is 0 Å². The van der Waals surface area contributed by atoms with E-state index < -0.39 is 39.0 Å². The van der Waals surface area contributed by atoms with Crippen LogP contribution in [-0.2, 0) is 35.6 Å². The molecular formula is C69H67Br2IN6O11. The highest BCUT2D eigenvalue weighted by Gasteiger charge is 2.50. The Kier molecular flexibility index (Phi) is 19.2. The number of halogens is 3. The molecule has 0 radical (unpaired) electrons. The lowest BCUT2D eigenvalue weighted by molar-refractivity contribution is 0.143. The summed E-state index contributed by atoms with van der Waals surface area (Å²) in [6.07, 6.45) is 7.36. The molecule has 460 valence electrons. The molecule has 7 aliphatic rings. The van der Waals surface area contributed by atoms with Crippen molar-refractivity contribution in [1.82, 2.24) is 0 Å². The van der Waals surface area contributed by atoms with Gasteiger partial charge in [-0.2, -0.15) is 0 Å². The van der Waals surface area contributed by atoms with E-state index in [0.717, 1.165) is 81.9 Å². The van der Waals surface area contributed by atoms with E-state index in [1.165, 1.54) is 12.8 Å². The van der Waals surface area contributed by atoms with Gasteiger partial charge in [0.25, 0.3) is 18.1 Å². The zero-order valence-electron chi connectivity index (χ0n) is 50.3. The standard InChI is InChI=1S/C25H24N2O4.C20H17BrN2O3.C15H10BrIN2O2.C5H8O.C4H8O/c1-23(2,28)11-9-16-5-7-20-18(13-16)25(15-30-22(26)27-25)19-14-17(6-8-21(19)31-20)10-12-24(3,4)29;1-19(2,24)8-7-12-3-5-16-14(9-12)20(11-25-18(22)23-20)15-10-13(21)4-6-17(15)26-16;16-8-1-3-12-10(5-8)15(7-20-14(18)19-15)11-6-9(17)2-4-13(11)21-12;1-4-5(2,3)6;1-2-4-5-3-1/h5-8,13-14,28-29H,15H2,1-4H3,(H2,26,27);3-6,9-10,24H,11H2,1-2H3,(H2,22,23);1-6H,7H2,(H2,18,19);1,6H,2-3H3;1-4H2. The highest BCUT2D eigenvalue weighted by molar-refractivity contribution is 14.1. The third-order valence-electron chi connectivity index (χ3n) is 14.0. The number of rotatable bonds is 0. The first-order valence-electron chi connectivity index (χ1n) is 28.2. The number of terminal acetylenes is 1. The van der Waals surface area contributed by atoms with Crippen LogP contribution in [0.15, 0.2) is 133 Å². The molecule has 20 heteroatoms. The van der Waals surface area contributed by atoms with E-state index in [0.29, 0.717) is 41.6 Å². The molecule has 7 aliphatic heterocycles. The number of ether oxygens (including phenoxy) is 7. The summed E-state index contributed by atoms with van der Waals surface area (Å²) in [7, 11) is 0. The quantitative estimate of drug-likeness (QED) is 0.0551. The van der Waals surface area contributed by atoms with Crippen LogP contribution in [-0.4, -0.2) is 93.9 Å². The second kappa shape index (κ2) is 26.0. The van der Waals surface area contributed by atoms with Gasteiger partial charge in [-0.05, 0) is 200 Å². The molecule has 1 fully saturated rings. The molecule has 7 heterocycles. The lowest BCUT2D eigenvalue weighted by Crippen LogP contribution is -2.31. The van der Waals surface area contributed by atoms with E-state index in [4.69, 9.17) is 61.9 Å². The minimum absolute atomic E-state index is 0.0970. The first-order chi connectivity index (χ1) is 41.9. The van der Waals surface area contributed by atoms with Crippen LogP contribution in [0, 0.1) is 51.4 Å². The molecule has 0 bridgehead atoms. The Hall–Kier alpha value is -7.74. The Morgan fingerprint density at radius 1 is 0.449 bits per heavy atom. The summed E-state index contributed by atoms with van der Waals surface area (Å²) in [6.45, 7) is 15.8. The molecule has 0 saturated carbocycles. The van der Waals surface area contributed by atoms with Crippen molar-refractivity contribution in [3.8, 4) is 82.4 Å². The van der Waals surface area contributed by atoms with Gasteiger partial charge in [-0.15, -0.1) is 6.42 Å². The zero-order valence-corrected chi connectivity index (χ0v) is 55.6. The molecular weight excluding hydrogens is 1380 g/mol. The number of hydrogen-bond acceptors (Lipinski definition) is 17. The first kappa shape index (κ1) is 65.7. The summed E-state index contributed by atoms with van der Waals surface area (Å²) >= 11 is 9.31. The van der Waals surface area contributed by atoms with Crippen LogP contribution < -0.4 is 31.4 Å². The molecule has 0 amide bonds. The number of benzene rings is 6. The van der Waals surface area contributed by atoms with Gasteiger partial charge in [0.2, 0.25) is 0 Å². The second-order valence-electron chi connectivity index (χ2n) is 23.6. The van der Waals surface area contributed by atoms with E-state index in [9.17, 15) is 15.3 Å². The molecule has 1 saturated heterocycles. The number of fused-ring (bicyclic) bond motifs is 12. The first-order valence-corrected chi connectivity index (χ1v) is 30.9. The monoisotopic (exact) mass is 1440 g/mol. The lowest BCUT2D eigenvalue weighted by atomic mass is 9.80. The highest BCUT2D eigenvalue weighted by Crippen LogP contribution is 2.54. The third kappa shape index (κ3) is 15.6. The van der Waals surface area contributed by atoms with Crippen molar-refractivity contribution in [1.29, 1.82) is 0 Å². The molecule has 89 heavy (non-hydrogen) atoms. The molecule has 10 N–H and O–H groups in total. The number of aliphatic hydroxyl groups is 4. The maximum Gasteiger partial charge on any atom is 0.283 e. The molecule has 2 atom stereocenters. The predicted octanol–water partition coefficient (Wildman–Crippen LogP) is 10.8. The van der Waals surface area contributed by atoms with Crippen molar-refractivity contribution in [2.24, 2.45) is 32.2 Å². The Morgan fingerprint density at radius 2 is 0.730 bits per heavy atom. The Morgan fingerprint density at radius 3 is 0.989 bits per heavy atom. The summed E-state index contributed by atoms with van der Waals surface area (Å²) in [5, 5.41) is 38.3. The van der Waals surface area contributed by atoms with Gasteiger partial charge in [0.15, 0.2) is 16.6 Å². The Labute approximate surface area is 548 Å². The van der Waals surface area contributed by atoms with Gasteiger partial charge in [0, 0.05) is 75.8 Å². The number of nitrogens with zero attached hydrogens (tertiary/aromatic N) is 3. The van der Waals surface area contributed by atoms with Gasteiger partial charge < -0.3 is 70.8 Å². The summed E-state index contributed by atoms with van der Waals surface area (Å²) < 4.78 is 42.8. The molecule has 3 spiro atoms. The zero-order chi connectivity index (χ0) is 64.3. The minimum Gasteiger partial charge on any atom is -0.462 e. The van der Waals surface area contributed by atoms with Crippen LogP contribution in [0.1, 0.15) is 118 Å². The topological polar surface area (TPSA) is 261 Å².